The fraction of sp³-hybridized carbons (Fsp3) is 0.929. The number of aliphatic carboxylic acids is 1. The van der Waals surface area contributed by atoms with E-state index in [0.717, 1.165) is 29.9 Å². The molecule has 3 nitrogen and oxygen atoms in total. The Balaban J connectivity index is 2.01. The van der Waals surface area contributed by atoms with Gasteiger partial charge >= 0.3 is 5.97 Å². The molecule has 0 radical (unpaired) electrons. The SMILES string of the molecule is CC1CC(C)CC(N2CCSCC2CC(=O)O)C1. The molecular weight excluding hydrogens is 246 g/mol. The normalized spacial score (nSPS) is 38.6. The molecule has 2 aliphatic rings. The number of carboxylic acids is 1. The number of nitrogens with zero attached hydrogens (tertiary/aromatic N) is 1. The molecule has 1 aliphatic carbocycles. The number of rotatable bonds is 3. The van der Waals surface area contributed by atoms with Crippen LogP contribution >= 0.6 is 11.8 Å². The Morgan fingerprint density at radius 3 is 2.56 bits per heavy atom. The molecule has 104 valence electrons. The van der Waals surface area contributed by atoms with Gasteiger partial charge in [-0.05, 0) is 31.1 Å². The van der Waals surface area contributed by atoms with E-state index < -0.39 is 5.97 Å². The van der Waals surface area contributed by atoms with Crippen molar-refractivity contribution in [2.24, 2.45) is 11.8 Å². The van der Waals surface area contributed by atoms with Crippen LogP contribution < -0.4 is 0 Å². The molecule has 0 aromatic carbocycles. The average Bonchev–Trinajstić information content (AvgIpc) is 2.27. The molecule has 18 heavy (non-hydrogen) atoms. The lowest BCUT2D eigenvalue weighted by atomic mass is 9.79. The van der Waals surface area contributed by atoms with Gasteiger partial charge in [0, 0.05) is 30.1 Å². The zero-order valence-electron chi connectivity index (χ0n) is 11.5. The molecule has 1 saturated carbocycles. The Morgan fingerprint density at radius 2 is 1.94 bits per heavy atom. The van der Waals surface area contributed by atoms with Crippen molar-refractivity contribution < 1.29 is 9.90 Å². The molecule has 1 saturated heterocycles. The number of hydrogen-bond donors (Lipinski definition) is 1. The molecule has 0 amide bonds. The number of carbonyl (C=O) groups is 1. The highest BCUT2D eigenvalue weighted by Crippen LogP contribution is 2.34. The second-order valence-corrected chi connectivity index (χ2v) is 7.29. The van der Waals surface area contributed by atoms with Gasteiger partial charge in [0.1, 0.15) is 0 Å². The first-order chi connectivity index (χ1) is 8.56. The first-order valence-electron chi connectivity index (χ1n) is 7.11. The Kier molecular flexibility index (Phi) is 4.96. The highest BCUT2D eigenvalue weighted by Gasteiger charge is 2.34. The zero-order chi connectivity index (χ0) is 13.1. The van der Waals surface area contributed by atoms with Gasteiger partial charge in [0.2, 0.25) is 0 Å². The molecule has 0 aromatic heterocycles. The molecule has 3 atom stereocenters. The Bertz CT molecular complexity index is 288. The van der Waals surface area contributed by atoms with Gasteiger partial charge in [-0.1, -0.05) is 13.8 Å². The first kappa shape index (κ1) is 14.2. The molecule has 3 unspecified atom stereocenters. The molecule has 0 spiro atoms. The summed E-state index contributed by atoms with van der Waals surface area (Å²) < 4.78 is 0. The summed E-state index contributed by atoms with van der Waals surface area (Å²) in [5, 5.41) is 9.05. The van der Waals surface area contributed by atoms with E-state index in [1.165, 1.54) is 19.3 Å². The van der Waals surface area contributed by atoms with Crippen molar-refractivity contribution in [2.45, 2.75) is 51.6 Å². The summed E-state index contributed by atoms with van der Waals surface area (Å²) in [6.45, 7) is 5.76. The number of carboxylic acid groups (broad SMARTS) is 1. The van der Waals surface area contributed by atoms with E-state index in [2.05, 4.69) is 18.7 Å². The molecular formula is C14H25NO2S. The smallest absolute Gasteiger partial charge is 0.304 e. The molecule has 2 rings (SSSR count). The van der Waals surface area contributed by atoms with Gasteiger partial charge in [-0.2, -0.15) is 11.8 Å². The zero-order valence-corrected chi connectivity index (χ0v) is 12.3. The molecule has 1 heterocycles. The standard InChI is InChI=1S/C14H25NO2S/c1-10-5-11(2)7-12(6-10)15-3-4-18-9-13(15)8-14(16)17/h10-13H,3-9H2,1-2H3,(H,16,17). The van der Waals surface area contributed by atoms with Gasteiger partial charge < -0.3 is 5.11 Å². The van der Waals surface area contributed by atoms with Crippen molar-refractivity contribution in [3.05, 3.63) is 0 Å². The summed E-state index contributed by atoms with van der Waals surface area (Å²) in [5.41, 5.74) is 0. The van der Waals surface area contributed by atoms with Crippen molar-refractivity contribution in [3.8, 4) is 0 Å². The maximum Gasteiger partial charge on any atom is 0.304 e. The topological polar surface area (TPSA) is 40.5 Å². The van der Waals surface area contributed by atoms with Crippen LogP contribution in [0.25, 0.3) is 0 Å². The van der Waals surface area contributed by atoms with Gasteiger partial charge in [0.25, 0.3) is 0 Å². The molecule has 0 aromatic rings. The molecule has 1 N–H and O–H groups in total. The van der Waals surface area contributed by atoms with E-state index in [4.69, 9.17) is 5.11 Å². The Labute approximate surface area is 114 Å². The van der Waals surface area contributed by atoms with Crippen LogP contribution in [0, 0.1) is 11.8 Å². The molecule has 1 aliphatic heterocycles. The Hall–Kier alpha value is -0.220. The van der Waals surface area contributed by atoms with E-state index in [9.17, 15) is 4.79 Å². The van der Waals surface area contributed by atoms with Gasteiger partial charge in [0.15, 0.2) is 0 Å². The van der Waals surface area contributed by atoms with Crippen LogP contribution in [0.3, 0.4) is 0 Å². The second-order valence-electron chi connectivity index (χ2n) is 6.14. The predicted octanol–water partition coefficient (Wildman–Crippen LogP) is 2.70. The first-order valence-corrected chi connectivity index (χ1v) is 8.27. The van der Waals surface area contributed by atoms with Crippen molar-refractivity contribution in [1.82, 2.24) is 4.90 Å². The van der Waals surface area contributed by atoms with Gasteiger partial charge in [-0.3, -0.25) is 9.69 Å². The van der Waals surface area contributed by atoms with Crippen LogP contribution in [-0.2, 0) is 4.79 Å². The minimum Gasteiger partial charge on any atom is -0.481 e. The third-order valence-electron chi connectivity index (χ3n) is 4.31. The predicted molar refractivity (Wildman–Crippen MR) is 76.0 cm³/mol. The van der Waals surface area contributed by atoms with Crippen LogP contribution in [-0.4, -0.2) is 46.1 Å². The van der Waals surface area contributed by atoms with Crippen LogP contribution in [0.4, 0.5) is 0 Å². The van der Waals surface area contributed by atoms with Gasteiger partial charge in [0.05, 0.1) is 6.42 Å². The lowest BCUT2D eigenvalue weighted by Crippen LogP contribution is -2.51. The highest BCUT2D eigenvalue weighted by atomic mass is 32.2. The number of hydrogen-bond acceptors (Lipinski definition) is 3. The van der Waals surface area contributed by atoms with Gasteiger partial charge in [-0.25, -0.2) is 0 Å². The number of thioether (sulfide) groups is 1. The average molecular weight is 271 g/mol. The van der Waals surface area contributed by atoms with Gasteiger partial charge in [-0.15, -0.1) is 0 Å². The molecule has 2 fully saturated rings. The molecule has 0 bridgehead atoms. The summed E-state index contributed by atoms with van der Waals surface area (Å²) in [6, 6.07) is 0.873. The largest absolute Gasteiger partial charge is 0.481 e. The van der Waals surface area contributed by atoms with Crippen molar-refractivity contribution in [1.29, 1.82) is 0 Å². The summed E-state index contributed by atoms with van der Waals surface area (Å²) >= 11 is 1.91. The Morgan fingerprint density at radius 1 is 1.28 bits per heavy atom. The van der Waals surface area contributed by atoms with E-state index in [1.807, 2.05) is 11.8 Å². The minimum atomic E-state index is -0.649. The fourth-order valence-corrected chi connectivity index (χ4v) is 4.79. The summed E-state index contributed by atoms with van der Waals surface area (Å²) in [4.78, 5) is 13.5. The summed E-state index contributed by atoms with van der Waals surface area (Å²) in [5.74, 6) is 3.09. The van der Waals surface area contributed by atoms with Crippen molar-refractivity contribution in [2.75, 3.05) is 18.1 Å². The van der Waals surface area contributed by atoms with E-state index >= 15 is 0 Å². The fourth-order valence-electron chi connectivity index (χ4n) is 3.70. The monoisotopic (exact) mass is 271 g/mol. The third kappa shape index (κ3) is 3.64. The second kappa shape index (κ2) is 6.29. The quantitative estimate of drug-likeness (QED) is 0.857. The van der Waals surface area contributed by atoms with Crippen LogP contribution in [0.2, 0.25) is 0 Å². The third-order valence-corrected chi connectivity index (χ3v) is 5.40. The lowest BCUT2D eigenvalue weighted by Gasteiger charge is -2.44. The maximum absolute atomic E-state index is 11.0. The van der Waals surface area contributed by atoms with Crippen molar-refractivity contribution in [3.63, 3.8) is 0 Å². The van der Waals surface area contributed by atoms with E-state index in [1.54, 1.807) is 0 Å². The van der Waals surface area contributed by atoms with E-state index in [-0.39, 0.29) is 6.04 Å². The minimum absolute atomic E-state index is 0.253. The van der Waals surface area contributed by atoms with Crippen LogP contribution in [0.1, 0.15) is 39.5 Å². The van der Waals surface area contributed by atoms with Crippen LogP contribution in [0.5, 0.6) is 0 Å². The lowest BCUT2D eigenvalue weighted by molar-refractivity contribution is -0.138. The summed E-state index contributed by atoms with van der Waals surface area (Å²) in [7, 11) is 0. The summed E-state index contributed by atoms with van der Waals surface area (Å²) in [6.07, 6.45) is 4.16. The molecule has 4 heteroatoms. The maximum atomic E-state index is 11.0. The highest BCUT2D eigenvalue weighted by molar-refractivity contribution is 7.99. The van der Waals surface area contributed by atoms with E-state index in [0.29, 0.717) is 12.5 Å². The van der Waals surface area contributed by atoms with Crippen LogP contribution in [0.15, 0.2) is 0 Å². The van der Waals surface area contributed by atoms with Crippen molar-refractivity contribution >= 4 is 17.7 Å².